The van der Waals surface area contributed by atoms with Crippen LogP contribution in [0.4, 0.5) is 0 Å². The van der Waals surface area contributed by atoms with Crippen LogP contribution in [0.25, 0.3) is 0 Å². The highest BCUT2D eigenvalue weighted by Gasteiger charge is 2.40. The molecule has 1 nitrogen and oxygen atoms in total. The monoisotopic (exact) mass is 137 g/mol. The van der Waals surface area contributed by atoms with Crippen molar-refractivity contribution in [2.75, 3.05) is 0 Å². The number of terminal acetylenes is 1. The second-order valence-corrected chi connectivity index (χ2v) is 3.17. The van der Waals surface area contributed by atoms with Crippen molar-refractivity contribution in [3.63, 3.8) is 0 Å². The molecule has 0 radical (unpaired) electrons. The summed E-state index contributed by atoms with van der Waals surface area (Å²) >= 11 is 0. The normalized spacial score (nSPS) is 23.3. The van der Waals surface area contributed by atoms with Crippen molar-refractivity contribution in [3.8, 4) is 12.3 Å². The molecular weight excluding hydrogens is 122 g/mol. The van der Waals surface area contributed by atoms with E-state index in [1.165, 1.54) is 19.3 Å². The van der Waals surface area contributed by atoms with Gasteiger partial charge in [-0.25, -0.2) is 0 Å². The van der Waals surface area contributed by atoms with Crippen LogP contribution in [0.3, 0.4) is 0 Å². The summed E-state index contributed by atoms with van der Waals surface area (Å²) in [6.07, 6.45) is 9.06. The standard InChI is InChI=1S/C9H15N/c1-4-8(3)10-9(5-2)6-7-9/h1,8,10H,5-7H2,2-3H3. The van der Waals surface area contributed by atoms with Crippen LogP contribution >= 0.6 is 0 Å². The van der Waals surface area contributed by atoms with Gasteiger partial charge in [-0.15, -0.1) is 6.42 Å². The zero-order valence-corrected chi connectivity index (χ0v) is 6.78. The molecule has 56 valence electrons. The van der Waals surface area contributed by atoms with Gasteiger partial charge in [-0.1, -0.05) is 12.8 Å². The predicted octanol–water partition coefficient (Wildman–Crippen LogP) is 1.54. The summed E-state index contributed by atoms with van der Waals surface area (Å²) in [6, 6.07) is 0.238. The fourth-order valence-corrected chi connectivity index (χ4v) is 1.25. The lowest BCUT2D eigenvalue weighted by Gasteiger charge is -2.16. The minimum Gasteiger partial charge on any atom is -0.298 e. The van der Waals surface area contributed by atoms with Crippen molar-refractivity contribution >= 4 is 0 Å². The van der Waals surface area contributed by atoms with E-state index in [0.717, 1.165) is 0 Å². The SMILES string of the molecule is C#CC(C)NC1(CC)CC1. The smallest absolute Gasteiger partial charge is 0.0662 e. The molecule has 0 bridgehead atoms. The Morgan fingerprint density at radius 1 is 1.70 bits per heavy atom. The van der Waals surface area contributed by atoms with Crippen LogP contribution in [-0.2, 0) is 0 Å². The van der Waals surface area contributed by atoms with E-state index in [-0.39, 0.29) is 6.04 Å². The molecule has 1 unspecified atom stereocenters. The van der Waals surface area contributed by atoms with Crippen molar-refractivity contribution in [2.45, 2.75) is 44.7 Å². The van der Waals surface area contributed by atoms with Crippen LogP contribution in [0.15, 0.2) is 0 Å². The highest BCUT2D eigenvalue weighted by molar-refractivity contribution is 5.07. The Morgan fingerprint density at radius 3 is 2.60 bits per heavy atom. The van der Waals surface area contributed by atoms with Gasteiger partial charge in [0.2, 0.25) is 0 Å². The summed E-state index contributed by atoms with van der Waals surface area (Å²) in [5, 5.41) is 3.43. The highest BCUT2D eigenvalue weighted by Crippen LogP contribution is 2.38. The summed E-state index contributed by atoms with van der Waals surface area (Å²) in [5.41, 5.74) is 0.422. The van der Waals surface area contributed by atoms with E-state index in [9.17, 15) is 0 Å². The Kier molecular flexibility index (Phi) is 2.01. The van der Waals surface area contributed by atoms with Crippen LogP contribution in [0.5, 0.6) is 0 Å². The van der Waals surface area contributed by atoms with Gasteiger partial charge in [-0.2, -0.15) is 0 Å². The predicted molar refractivity (Wildman–Crippen MR) is 43.7 cm³/mol. The van der Waals surface area contributed by atoms with E-state index >= 15 is 0 Å². The Labute approximate surface area is 63.2 Å². The molecule has 0 aromatic heterocycles. The van der Waals surface area contributed by atoms with E-state index in [1.807, 2.05) is 6.92 Å². The molecule has 0 heterocycles. The third kappa shape index (κ3) is 1.52. The molecule has 0 aromatic rings. The molecule has 1 fully saturated rings. The minimum atomic E-state index is 0.238. The molecular formula is C9H15N. The Hall–Kier alpha value is -0.480. The van der Waals surface area contributed by atoms with Gasteiger partial charge in [0.1, 0.15) is 0 Å². The molecule has 0 amide bonds. The first kappa shape index (κ1) is 7.63. The van der Waals surface area contributed by atoms with Crippen LogP contribution in [0.2, 0.25) is 0 Å². The van der Waals surface area contributed by atoms with Crippen LogP contribution in [0.1, 0.15) is 33.1 Å². The maximum atomic E-state index is 5.25. The minimum absolute atomic E-state index is 0.238. The first-order valence-electron chi connectivity index (χ1n) is 3.96. The summed E-state index contributed by atoms with van der Waals surface area (Å²) in [5.74, 6) is 2.68. The second-order valence-electron chi connectivity index (χ2n) is 3.17. The van der Waals surface area contributed by atoms with Crippen molar-refractivity contribution in [1.82, 2.24) is 5.32 Å². The number of nitrogens with one attached hydrogen (secondary N) is 1. The molecule has 10 heavy (non-hydrogen) atoms. The summed E-state index contributed by atoms with van der Waals surface area (Å²) in [7, 11) is 0. The average molecular weight is 137 g/mol. The lowest BCUT2D eigenvalue weighted by molar-refractivity contribution is 0.463. The topological polar surface area (TPSA) is 12.0 Å². The van der Waals surface area contributed by atoms with Gasteiger partial charge in [-0.05, 0) is 26.2 Å². The Bertz CT molecular complexity index is 151. The summed E-state index contributed by atoms with van der Waals surface area (Å²) in [4.78, 5) is 0. The third-order valence-corrected chi connectivity index (χ3v) is 2.30. The van der Waals surface area contributed by atoms with Crippen LogP contribution in [0, 0.1) is 12.3 Å². The average Bonchev–Trinajstić information content (AvgIpc) is 2.70. The molecule has 1 heteroatoms. The zero-order valence-electron chi connectivity index (χ0n) is 6.78. The number of hydrogen-bond acceptors (Lipinski definition) is 1. The zero-order chi connectivity index (χ0) is 7.61. The Balaban J connectivity index is 2.32. The maximum absolute atomic E-state index is 5.25. The van der Waals surface area contributed by atoms with Crippen molar-refractivity contribution < 1.29 is 0 Å². The van der Waals surface area contributed by atoms with E-state index in [0.29, 0.717) is 5.54 Å². The van der Waals surface area contributed by atoms with Gasteiger partial charge in [0.25, 0.3) is 0 Å². The van der Waals surface area contributed by atoms with E-state index in [4.69, 9.17) is 6.42 Å². The lowest BCUT2D eigenvalue weighted by atomic mass is 10.2. The molecule has 0 aromatic carbocycles. The molecule has 1 aliphatic carbocycles. The van der Waals surface area contributed by atoms with Gasteiger partial charge < -0.3 is 0 Å². The fraction of sp³-hybridized carbons (Fsp3) is 0.778. The summed E-state index contributed by atoms with van der Waals surface area (Å²) < 4.78 is 0. The third-order valence-electron chi connectivity index (χ3n) is 2.30. The molecule has 1 aliphatic rings. The lowest BCUT2D eigenvalue weighted by Crippen LogP contribution is -2.36. The molecule has 1 N–H and O–H groups in total. The van der Waals surface area contributed by atoms with Crippen molar-refractivity contribution in [3.05, 3.63) is 0 Å². The second kappa shape index (κ2) is 2.64. The van der Waals surface area contributed by atoms with E-state index in [1.54, 1.807) is 0 Å². The summed E-state index contributed by atoms with van der Waals surface area (Å²) in [6.45, 7) is 4.25. The van der Waals surface area contributed by atoms with Crippen LogP contribution in [-0.4, -0.2) is 11.6 Å². The van der Waals surface area contributed by atoms with Crippen molar-refractivity contribution in [1.29, 1.82) is 0 Å². The van der Waals surface area contributed by atoms with Crippen molar-refractivity contribution in [2.24, 2.45) is 0 Å². The number of rotatable bonds is 3. The first-order valence-corrected chi connectivity index (χ1v) is 3.96. The maximum Gasteiger partial charge on any atom is 0.0662 e. The molecule has 0 spiro atoms. The highest BCUT2D eigenvalue weighted by atomic mass is 15.0. The fourth-order valence-electron chi connectivity index (χ4n) is 1.25. The largest absolute Gasteiger partial charge is 0.298 e. The van der Waals surface area contributed by atoms with E-state index < -0.39 is 0 Å². The van der Waals surface area contributed by atoms with Gasteiger partial charge in [0.05, 0.1) is 6.04 Å². The molecule has 0 aliphatic heterocycles. The van der Waals surface area contributed by atoms with Gasteiger partial charge in [-0.3, -0.25) is 5.32 Å². The quantitative estimate of drug-likeness (QED) is 0.582. The van der Waals surface area contributed by atoms with Gasteiger partial charge >= 0.3 is 0 Å². The molecule has 0 saturated heterocycles. The van der Waals surface area contributed by atoms with Crippen LogP contribution < -0.4 is 5.32 Å². The van der Waals surface area contributed by atoms with E-state index in [2.05, 4.69) is 18.2 Å². The first-order chi connectivity index (χ1) is 4.72. The molecule has 1 atom stereocenters. The number of hydrogen-bond donors (Lipinski definition) is 1. The Morgan fingerprint density at radius 2 is 2.30 bits per heavy atom. The van der Waals surface area contributed by atoms with Gasteiger partial charge in [0, 0.05) is 5.54 Å². The van der Waals surface area contributed by atoms with Gasteiger partial charge in [0.15, 0.2) is 0 Å². The molecule has 1 saturated carbocycles. The molecule has 1 rings (SSSR count).